The first-order valence-electron chi connectivity index (χ1n) is 3.21. The van der Waals surface area contributed by atoms with Gasteiger partial charge in [-0.25, -0.2) is 0 Å². The summed E-state index contributed by atoms with van der Waals surface area (Å²) in [6, 6.07) is 0. The van der Waals surface area contributed by atoms with Crippen LogP contribution in [0.15, 0.2) is 0 Å². The number of hydrogen-bond donors (Lipinski definition) is 2. The van der Waals surface area contributed by atoms with Gasteiger partial charge in [-0.1, -0.05) is 0 Å². The third-order valence-electron chi connectivity index (χ3n) is 1.38. The molecule has 1 aliphatic rings. The molecule has 0 amide bonds. The SMILES string of the molecule is CC1(C)OCC(N)(CO)O1. The Hall–Kier alpha value is -0.160. The van der Waals surface area contributed by atoms with Crippen molar-refractivity contribution in [3.63, 3.8) is 0 Å². The molecule has 0 saturated carbocycles. The van der Waals surface area contributed by atoms with E-state index in [0.29, 0.717) is 0 Å². The summed E-state index contributed by atoms with van der Waals surface area (Å²) in [6.45, 7) is 3.56. The van der Waals surface area contributed by atoms with Crippen LogP contribution < -0.4 is 5.73 Å². The molecular weight excluding hydrogens is 134 g/mol. The van der Waals surface area contributed by atoms with Gasteiger partial charge in [0.25, 0.3) is 0 Å². The first kappa shape index (κ1) is 7.94. The van der Waals surface area contributed by atoms with Gasteiger partial charge in [0.05, 0.1) is 13.2 Å². The molecule has 1 unspecified atom stereocenters. The predicted molar refractivity (Wildman–Crippen MR) is 35.1 cm³/mol. The first-order valence-corrected chi connectivity index (χ1v) is 3.21. The summed E-state index contributed by atoms with van der Waals surface area (Å²) < 4.78 is 10.3. The lowest BCUT2D eigenvalue weighted by Crippen LogP contribution is -2.47. The molecule has 0 bridgehead atoms. The fourth-order valence-electron chi connectivity index (χ4n) is 0.922. The number of rotatable bonds is 1. The van der Waals surface area contributed by atoms with Crippen LogP contribution in [0.25, 0.3) is 0 Å². The highest BCUT2D eigenvalue weighted by atomic mass is 16.8. The lowest BCUT2D eigenvalue weighted by atomic mass is 10.3. The van der Waals surface area contributed by atoms with Crippen molar-refractivity contribution in [1.82, 2.24) is 0 Å². The number of hydrogen-bond acceptors (Lipinski definition) is 4. The Morgan fingerprint density at radius 2 is 2.20 bits per heavy atom. The summed E-state index contributed by atoms with van der Waals surface area (Å²) in [6.07, 6.45) is 0. The second-order valence-corrected chi connectivity index (χ2v) is 3.01. The summed E-state index contributed by atoms with van der Waals surface area (Å²) in [5.74, 6) is -0.655. The summed E-state index contributed by atoms with van der Waals surface area (Å²) in [4.78, 5) is 0. The van der Waals surface area contributed by atoms with E-state index in [-0.39, 0.29) is 13.2 Å². The Labute approximate surface area is 59.9 Å². The van der Waals surface area contributed by atoms with Gasteiger partial charge in [-0.2, -0.15) is 0 Å². The van der Waals surface area contributed by atoms with Gasteiger partial charge in [0.2, 0.25) is 0 Å². The Kier molecular flexibility index (Phi) is 1.72. The summed E-state index contributed by atoms with van der Waals surface area (Å²) in [7, 11) is 0. The highest BCUT2D eigenvalue weighted by molar-refractivity contribution is 4.80. The molecule has 1 rings (SSSR count). The number of aliphatic hydroxyl groups is 1. The molecule has 0 aromatic heterocycles. The van der Waals surface area contributed by atoms with Crippen molar-refractivity contribution in [2.45, 2.75) is 25.4 Å². The van der Waals surface area contributed by atoms with Gasteiger partial charge in [0.15, 0.2) is 11.5 Å². The Balaban J connectivity index is 2.57. The van der Waals surface area contributed by atoms with Crippen LogP contribution in [0.3, 0.4) is 0 Å². The lowest BCUT2D eigenvalue weighted by molar-refractivity contribution is -0.167. The monoisotopic (exact) mass is 147 g/mol. The van der Waals surface area contributed by atoms with Crippen LogP contribution in [0.2, 0.25) is 0 Å². The summed E-state index contributed by atoms with van der Waals surface area (Å²) in [5, 5.41) is 8.73. The molecule has 1 saturated heterocycles. The molecule has 1 heterocycles. The van der Waals surface area contributed by atoms with Crippen molar-refractivity contribution < 1.29 is 14.6 Å². The Morgan fingerprint density at radius 3 is 2.40 bits per heavy atom. The van der Waals surface area contributed by atoms with Gasteiger partial charge in [-0.15, -0.1) is 0 Å². The van der Waals surface area contributed by atoms with Crippen LogP contribution in [-0.4, -0.2) is 29.8 Å². The number of ether oxygens (including phenoxy) is 2. The first-order chi connectivity index (χ1) is 4.47. The number of aliphatic hydroxyl groups excluding tert-OH is 1. The third-order valence-corrected chi connectivity index (χ3v) is 1.38. The zero-order valence-corrected chi connectivity index (χ0v) is 6.26. The normalized spacial score (nSPS) is 38.4. The molecule has 1 aliphatic heterocycles. The molecule has 3 N–H and O–H groups in total. The average Bonchev–Trinajstić information content (AvgIpc) is 2.08. The lowest BCUT2D eigenvalue weighted by Gasteiger charge is -2.22. The maximum absolute atomic E-state index is 8.73. The number of nitrogens with two attached hydrogens (primary N) is 1. The smallest absolute Gasteiger partial charge is 0.167 e. The second-order valence-electron chi connectivity index (χ2n) is 3.01. The minimum absolute atomic E-state index is 0.212. The Morgan fingerprint density at radius 1 is 1.60 bits per heavy atom. The van der Waals surface area contributed by atoms with E-state index in [1.807, 2.05) is 0 Å². The van der Waals surface area contributed by atoms with Crippen molar-refractivity contribution in [2.75, 3.05) is 13.2 Å². The van der Waals surface area contributed by atoms with Crippen molar-refractivity contribution in [1.29, 1.82) is 0 Å². The van der Waals surface area contributed by atoms with Gasteiger partial charge < -0.3 is 14.6 Å². The Bertz CT molecular complexity index is 137. The molecule has 0 aromatic rings. The van der Waals surface area contributed by atoms with Crippen molar-refractivity contribution in [2.24, 2.45) is 5.73 Å². The quantitative estimate of drug-likeness (QED) is 0.520. The minimum atomic E-state index is -0.997. The van der Waals surface area contributed by atoms with Crippen LogP contribution in [0.1, 0.15) is 13.8 Å². The van der Waals surface area contributed by atoms with Crippen LogP contribution in [0.5, 0.6) is 0 Å². The van der Waals surface area contributed by atoms with Crippen molar-refractivity contribution in [3.05, 3.63) is 0 Å². The molecule has 0 aliphatic carbocycles. The van der Waals surface area contributed by atoms with Crippen molar-refractivity contribution >= 4 is 0 Å². The molecule has 60 valence electrons. The van der Waals surface area contributed by atoms with Gasteiger partial charge in [0, 0.05) is 0 Å². The summed E-state index contributed by atoms with van der Waals surface area (Å²) in [5.41, 5.74) is 4.54. The summed E-state index contributed by atoms with van der Waals surface area (Å²) >= 11 is 0. The van der Waals surface area contributed by atoms with Crippen LogP contribution in [0.4, 0.5) is 0 Å². The molecule has 1 fully saturated rings. The predicted octanol–water partition coefficient (Wildman–Crippen LogP) is -0.583. The maximum atomic E-state index is 8.73. The van der Waals surface area contributed by atoms with Crippen molar-refractivity contribution in [3.8, 4) is 0 Å². The maximum Gasteiger partial charge on any atom is 0.167 e. The largest absolute Gasteiger partial charge is 0.392 e. The molecule has 0 spiro atoms. The van der Waals surface area contributed by atoms with Gasteiger partial charge in [-0.3, -0.25) is 5.73 Å². The van der Waals surface area contributed by atoms with E-state index in [0.717, 1.165) is 0 Å². The topological polar surface area (TPSA) is 64.7 Å². The van der Waals surface area contributed by atoms with Gasteiger partial charge in [0.1, 0.15) is 0 Å². The highest BCUT2D eigenvalue weighted by Crippen LogP contribution is 2.26. The minimum Gasteiger partial charge on any atom is -0.392 e. The molecule has 0 radical (unpaired) electrons. The van der Waals surface area contributed by atoms with E-state index >= 15 is 0 Å². The molecule has 10 heavy (non-hydrogen) atoms. The van der Waals surface area contributed by atoms with Crippen LogP contribution in [0, 0.1) is 0 Å². The van der Waals surface area contributed by atoms with Crippen LogP contribution in [-0.2, 0) is 9.47 Å². The van der Waals surface area contributed by atoms with E-state index in [1.165, 1.54) is 0 Å². The molecule has 4 nitrogen and oxygen atoms in total. The zero-order chi connectivity index (χ0) is 7.83. The third kappa shape index (κ3) is 1.46. The van der Waals surface area contributed by atoms with E-state index in [4.69, 9.17) is 20.3 Å². The standard InChI is InChI=1S/C6H13NO3/c1-5(2)9-4-6(7,3-8)10-5/h8H,3-4,7H2,1-2H3. The van der Waals surface area contributed by atoms with E-state index in [9.17, 15) is 0 Å². The van der Waals surface area contributed by atoms with E-state index < -0.39 is 11.5 Å². The fourth-order valence-corrected chi connectivity index (χ4v) is 0.922. The zero-order valence-electron chi connectivity index (χ0n) is 6.26. The average molecular weight is 147 g/mol. The second kappa shape index (κ2) is 2.17. The molecule has 4 heteroatoms. The fraction of sp³-hybridized carbons (Fsp3) is 1.00. The van der Waals surface area contributed by atoms with Gasteiger partial charge in [-0.05, 0) is 13.8 Å². The molecule has 1 atom stereocenters. The van der Waals surface area contributed by atoms with Gasteiger partial charge >= 0.3 is 0 Å². The molecule has 0 aromatic carbocycles. The van der Waals surface area contributed by atoms with E-state index in [1.54, 1.807) is 13.8 Å². The van der Waals surface area contributed by atoms with Crippen LogP contribution >= 0.6 is 0 Å². The molecular formula is C6H13NO3. The van der Waals surface area contributed by atoms with E-state index in [2.05, 4.69) is 0 Å². The highest BCUT2D eigenvalue weighted by Gasteiger charge is 2.42.